The minimum Gasteiger partial charge on any atom is -0.481 e. The number of aliphatic hydroxyl groups is 1. The number of aliphatic hydroxyl groups excluding tert-OH is 1. The molecule has 0 heterocycles. The van der Waals surface area contributed by atoms with Crippen LogP contribution in [-0.4, -0.2) is 41.1 Å². The van der Waals surface area contributed by atoms with Crippen molar-refractivity contribution in [3.8, 4) is 0 Å². The second-order valence-electron chi connectivity index (χ2n) is 10.1. The number of esters is 1. The quantitative estimate of drug-likeness (QED) is 0.611. The first-order valence-corrected chi connectivity index (χ1v) is 11.4. The van der Waals surface area contributed by atoms with Crippen LogP contribution in [0.2, 0.25) is 0 Å². The van der Waals surface area contributed by atoms with Crippen LogP contribution in [0.4, 0.5) is 0 Å². The Bertz CT molecular complexity index is 642. The van der Waals surface area contributed by atoms with Crippen molar-refractivity contribution in [3.63, 3.8) is 0 Å². The van der Waals surface area contributed by atoms with Gasteiger partial charge in [0.05, 0.1) is 0 Å². The molecule has 0 aromatic carbocycles. The van der Waals surface area contributed by atoms with Crippen LogP contribution in [0.25, 0.3) is 0 Å². The first kappa shape index (κ1) is 24.8. The number of aliphatic carboxylic acids is 1. The highest BCUT2D eigenvalue weighted by molar-refractivity contribution is 5.83. The maximum atomic E-state index is 13.0. The maximum Gasteiger partial charge on any atom is 0.302 e. The zero-order chi connectivity index (χ0) is 22.7. The van der Waals surface area contributed by atoms with Crippen LogP contribution >= 0.6 is 0 Å². The molecule has 4 aliphatic carbocycles. The van der Waals surface area contributed by atoms with E-state index < -0.39 is 5.97 Å². The molecular formula is C24H40O6. The van der Waals surface area contributed by atoms with E-state index in [1.165, 1.54) is 32.6 Å². The Labute approximate surface area is 180 Å². The Morgan fingerprint density at radius 2 is 1.53 bits per heavy atom. The van der Waals surface area contributed by atoms with E-state index >= 15 is 0 Å². The van der Waals surface area contributed by atoms with E-state index in [0.29, 0.717) is 29.5 Å². The van der Waals surface area contributed by atoms with Gasteiger partial charge in [-0.3, -0.25) is 14.4 Å². The fourth-order valence-corrected chi connectivity index (χ4v) is 7.44. The number of carbonyl (C=O) groups is 3. The zero-order valence-corrected chi connectivity index (χ0v) is 19.3. The summed E-state index contributed by atoms with van der Waals surface area (Å²) in [6, 6.07) is 0. The summed E-state index contributed by atoms with van der Waals surface area (Å²) in [6.07, 6.45) is 10.2. The molecule has 4 rings (SSSR count). The molecule has 0 saturated heterocycles. The van der Waals surface area contributed by atoms with Gasteiger partial charge in [-0.2, -0.15) is 0 Å². The number of hydrogen-bond donors (Lipinski definition) is 2. The Kier molecular flexibility index (Phi) is 8.11. The molecule has 4 aliphatic rings. The first-order valence-electron chi connectivity index (χ1n) is 11.4. The summed E-state index contributed by atoms with van der Waals surface area (Å²) in [5, 5.41) is 14.4. The molecule has 0 bridgehead atoms. The molecule has 0 aromatic heterocycles. The van der Waals surface area contributed by atoms with Gasteiger partial charge in [0.15, 0.2) is 0 Å². The van der Waals surface area contributed by atoms with Crippen molar-refractivity contribution >= 4 is 17.7 Å². The summed E-state index contributed by atoms with van der Waals surface area (Å²) in [6.45, 7) is 7.36. The molecule has 2 N–H and O–H groups in total. The first-order chi connectivity index (χ1) is 14.1. The largest absolute Gasteiger partial charge is 0.481 e. The fourth-order valence-electron chi connectivity index (χ4n) is 7.44. The van der Waals surface area contributed by atoms with Gasteiger partial charge in [-0.1, -0.05) is 26.7 Å². The molecule has 172 valence electrons. The second-order valence-corrected chi connectivity index (χ2v) is 10.1. The van der Waals surface area contributed by atoms with Crippen molar-refractivity contribution in [2.24, 2.45) is 34.5 Å². The van der Waals surface area contributed by atoms with E-state index in [-0.39, 0.29) is 22.9 Å². The molecular weight excluding hydrogens is 384 g/mol. The van der Waals surface area contributed by atoms with Crippen LogP contribution in [0.3, 0.4) is 0 Å². The monoisotopic (exact) mass is 424 g/mol. The molecule has 0 radical (unpaired) electrons. The predicted octanol–water partition coefficient (Wildman–Crippen LogP) is 4.23. The lowest BCUT2D eigenvalue weighted by atomic mass is 9.45. The van der Waals surface area contributed by atoms with Gasteiger partial charge in [-0.05, 0) is 61.7 Å². The van der Waals surface area contributed by atoms with Gasteiger partial charge >= 0.3 is 5.97 Å². The van der Waals surface area contributed by atoms with E-state index in [2.05, 4.69) is 13.8 Å². The highest BCUT2D eigenvalue weighted by atomic mass is 16.5. The van der Waals surface area contributed by atoms with E-state index in [1.807, 2.05) is 0 Å². The number of rotatable bonds is 1. The lowest BCUT2D eigenvalue weighted by molar-refractivity contribution is -0.166. The predicted molar refractivity (Wildman–Crippen MR) is 114 cm³/mol. The number of carboxylic acid groups (broad SMARTS) is 1. The average molecular weight is 425 g/mol. The number of ether oxygens (including phenoxy) is 1. The summed E-state index contributed by atoms with van der Waals surface area (Å²) in [5.41, 5.74) is 0.323. The van der Waals surface area contributed by atoms with Gasteiger partial charge in [-0.15, -0.1) is 0 Å². The van der Waals surface area contributed by atoms with Crippen LogP contribution in [0.5, 0.6) is 0 Å². The fraction of sp³-hybridized carbons (Fsp3) is 0.875. The molecule has 6 heteroatoms. The van der Waals surface area contributed by atoms with Crippen molar-refractivity contribution < 1.29 is 29.3 Å². The summed E-state index contributed by atoms with van der Waals surface area (Å²) in [5.74, 6) is 1.67. The molecule has 7 unspecified atom stereocenters. The molecule has 0 amide bonds. The number of fused-ring (bicyclic) bond motifs is 5. The highest BCUT2D eigenvalue weighted by Crippen LogP contribution is 2.65. The van der Waals surface area contributed by atoms with Crippen molar-refractivity contribution in [3.05, 3.63) is 0 Å². The van der Waals surface area contributed by atoms with Crippen molar-refractivity contribution in [1.29, 1.82) is 0 Å². The van der Waals surface area contributed by atoms with Crippen molar-refractivity contribution in [1.82, 2.24) is 0 Å². The smallest absolute Gasteiger partial charge is 0.302 e. The Morgan fingerprint density at radius 3 is 2.13 bits per heavy atom. The van der Waals surface area contributed by atoms with Gasteiger partial charge in [-0.25, -0.2) is 0 Å². The molecule has 4 saturated carbocycles. The lowest BCUT2D eigenvalue weighted by Gasteiger charge is -2.59. The van der Waals surface area contributed by atoms with Gasteiger partial charge in [0, 0.05) is 38.7 Å². The molecule has 0 aromatic rings. The second kappa shape index (κ2) is 9.80. The topological polar surface area (TPSA) is 101 Å². The number of hydrogen-bond acceptors (Lipinski definition) is 5. The molecule has 6 nitrogen and oxygen atoms in total. The summed E-state index contributed by atoms with van der Waals surface area (Å²) in [4.78, 5) is 33.5. The van der Waals surface area contributed by atoms with Crippen molar-refractivity contribution in [2.45, 2.75) is 91.6 Å². The normalized spacial score (nSPS) is 41.5. The standard InChI is InChI=1S/C21H32O3.C2H4O2.CH4O/c1-13(22)24-19-8-7-15-14-12-18(23)17-6-4-5-10-20(17,2)16(14)9-11-21(15,19)3;1-2(3)4;1-2/h14-17,19H,4-12H2,1-3H3;1H3,(H,3,4);2H,1H3. The number of ketones is 1. The number of carboxylic acids is 1. The molecule has 0 aliphatic heterocycles. The van der Waals surface area contributed by atoms with E-state index in [9.17, 15) is 9.59 Å². The Hall–Kier alpha value is -1.43. The zero-order valence-electron chi connectivity index (χ0n) is 19.3. The highest BCUT2D eigenvalue weighted by Gasteiger charge is 2.62. The Morgan fingerprint density at radius 1 is 0.933 bits per heavy atom. The van der Waals surface area contributed by atoms with Crippen LogP contribution < -0.4 is 0 Å². The summed E-state index contributed by atoms with van der Waals surface area (Å²) in [7, 11) is 1.00. The van der Waals surface area contributed by atoms with Crippen molar-refractivity contribution in [2.75, 3.05) is 7.11 Å². The van der Waals surface area contributed by atoms with Gasteiger partial charge in [0.25, 0.3) is 5.97 Å². The van der Waals surface area contributed by atoms with Gasteiger partial charge in [0.2, 0.25) is 0 Å². The molecule has 7 atom stereocenters. The molecule has 30 heavy (non-hydrogen) atoms. The van der Waals surface area contributed by atoms with Crippen LogP contribution in [0.15, 0.2) is 0 Å². The van der Waals surface area contributed by atoms with Gasteiger partial charge in [0.1, 0.15) is 11.9 Å². The minimum atomic E-state index is -0.833. The third kappa shape index (κ3) is 4.58. The SMILES string of the molecule is CC(=O)O.CC(=O)OC1CCC2C3CC(=O)C4CCCCC4(C)C3CCC12C.CO. The molecule has 0 spiro atoms. The molecule has 4 fully saturated rings. The van der Waals surface area contributed by atoms with E-state index in [4.69, 9.17) is 19.7 Å². The Balaban J connectivity index is 0.000000481. The van der Waals surface area contributed by atoms with Crippen LogP contribution in [0, 0.1) is 34.5 Å². The maximum absolute atomic E-state index is 13.0. The number of Topliss-reactive ketones (excluding diaryl/α,β-unsaturated/α-hetero) is 1. The van der Waals surface area contributed by atoms with Crippen LogP contribution in [0.1, 0.15) is 85.5 Å². The average Bonchev–Trinajstić information content (AvgIpc) is 2.99. The third-order valence-corrected chi connectivity index (χ3v) is 8.59. The van der Waals surface area contributed by atoms with Gasteiger partial charge < -0.3 is 14.9 Å². The summed E-state index contributed by atoms with van der Waals surface area (Å²) < 4.78 is 5.70. The van der Waals surface area contributed by atoms with Crippen LogP contribution in [-0.2, 0) is 19.1 Å². The summed E-state index contributed by atoms with van der Waals surface area (Å²) >= 11 is 0. The van der Waals surface area contributed by atoms with E-state index in [1.54, 1.807) is 0 Å². The lowest BCUT2D eigenvalue weighted by Crippen LogP contribution is -2.56. The third-order valence-electron chi connectivity index (χ3n) is 8.59. The number of carbonyl (C=O) groups excluding carboxylic acids is 2. The minimum absolute atomic E-state index is 0.0629. The van der Waals surface area contributed by atoms with E-state index in [0.717, 1.165) is 46.1 Å².